The quantitative estimate of drug-likeness (QED) is 0.947. The number of halogens is 1. The molecule has 0 bridgehead atoms. The van der Waals surface area contributed by atoms with Crippen molar-refractivity contribution in [3.05, 3.63) is 53.7 Å². The van der Waals surface area contributed by atoms with Gasteiger partial charge in [-0.1, -0.05) is 6.07 Å². The summed E-state index contributed by atoms with van der Waals surface area (Å²) >= 11 is 0. The van der Waals surface area contributed by atoms with Crippen molar-refractivity contribution in [3.63, 3.8) is 0 Å². The normalized spacial score (nSPS) is 18.8. The second-order valence-electron chi connectivity index (χ2n) is 4.82. The molecule has 0 amide bonds. The second kappa shape index (κ2) is 5.03. The van der Waals surface area contributed by atoms with E-state index in [-0.39, 0.29) is 10.9 Å². The van der Waals surface area contributed by atoms with Gasteiger partial charge in [-0.3, -0.25) is 0 Å². The van der Waals surface area contributed by atoms with Gasteiger partial charge in [-0.15, -0.1) is 0 Å². The van der Waals surface area contributed by atoms with E-state index >= 15 is 0 Å². The van der Waals surface area contributed by atoms with Crippen LogP contribution >= 0.6 is 0 Å². The predicted molar refractivity (Wildman–Crippen MR) is 71.1 cm³/mol. The van der Waals surface area contributed by atoms with Gasteiger partial charge in [0.15, 0.2) is 0 Å². The van der Waals surface area contributed by atoms with E-state index in [9.17, 15) is 12.8 Å². The molecule has 4 nitrogen and oxygen atoms in total. The Morgan fingerprint density at radius 1 is 1.30 bits per heavy atom. The van der Waals surface area contributed by atoms with Crippen LogP contribution in [0.4, 0.5) is 4.39 Å². The minimum absolute atomic E-state index is 0.0619. The van der Waals surface area contributed by atoms with Crippen LogP contribution in [0.3, 0.4) is 0 Å². The first kappa shape index (κ1) is 13.3. The van der Waals surface area contributed by atoms with Crippen molar-refractivity contribution in [1.82, 2.24) is 4.72 Å². The molecule has 0 fully saturated rings. The van der Waals surface area contributed by atoms with Crippen molar-refractivity contribution in [2.75, 3.05) is 0 Å². The zero-order valence-electron chi connectivity index (χ0n) is 10.7. The third kappa shape index (κ3) is 2.48. The number of sulfonamides is 1. The Kier molecular flexibility index (Phi) is 3.35. The number of aryl methyl sites for hydroxylation is 1. The Morgan fingerprint density at radius 2 is 2.15 bits per heavy atom. The summed E-state index contributed by atoms with van der Waals surface area (Å²) in [5, 5.41) is 0. The van der Waals surface area contributed by atoms with Gasteiger partial charge < -0.3 is 4.42 Å². The lowest BCUT2D eigenvalue weighted by atomic mass is 9.94. The molecule has 0 spiro atoms. The van der Waals surface area contributed by atoms with Gasteiger partial charge in [0.05, 0.1) is 17.2 Å². The van der Waals surface area contributed by atoms with Crippen LogP contribution in [0, 0.1) is 5.82 Å². The molecule has 20 heavy (non-hydrogen) atoms. The number of fused-ring (bicyclic) bond motifs is 1. The molecular weight excluding hydrogens is 281 g/mol. The summed E-state index contributed by atoms with van der Waals surface area (Å²) < 4.78 is 45.7. The van der Waals surface area contributed by atoms with Gasteiger partial charge in [0.1, 0.15) is 11.6 Å². The van der Waals surface area contributed by atoms with Gasteiger partial charge in [0.25, 0.3) is 0 Å². The van der Waals surface area contributed by atoms with Gasteiger partial charge >= 0.3 is 0 Å². The highest BCUT2D eigenvalue weighted by atomic mass is 32.2. The molecule has 1 aromatic carbocycles. The van der Waals surface area contributed by atoms with Crippen LogP contribution in [0.5, 0.6) is 0 Å². The van der Waals surface area contributed by atoms with Crippen molar-refractivity contribution in [2.24, 2.45) is 0 Å². The number of nitrogens with one attached hydrogen (secondary N) is 1. The zero-order chi connectivity index (χ0) is 14.2. The maximum absolute atomic E-state index is 13.2. The molecule has 3 rings (SSSR count). The van der Waals surface area contributed by atoms with Crippen LogP contribution in [0.2, 0.25) is 0 Å². The summed E-state index contributed by atoms with van der Waals surface area (Å²) in [7, 11) is -3.73. The van der Waals surface area contributed by atoms with E-state index in [1.54, 1.807) is 12.3 Å². The van der Waals surface area contributed by atoms with Crippen LogP contribution in [0.1, 0.15) is 30.2 Å². The zero-order valence-corrected chi connectivity index (χ0v) is 11.5. The molecule has 0 unspecified atom stereocenters. The van der Waals surface area contributed by atoms with E-state index in [4.69, 9.17) is 4.42 Å². The molecule has 1 aliphatic rings. The maximum Gasteiger partial charge on any atom is 0.241 e. The molecule has 6 heteroatoms. The number of hydrogen-bond acceptors (Lipinski definition) is 3. The summed E-state index contributed by atoms with van der Waals surface area (Å²) in [4.78, 5) is -0.0619. The fraction of sp³-hybridized carbons (Fsp3) is 0.286. The molecule has 0 aliphatic heterocycles. The van der Waals surface area contributed by atoms with E-state index in [2.05, 4.69) is 4.72 Å². The number of rotatable bonds is 3. The molecule has 1 aromatic heterocycles. The van der Waals surface area contributed by atoms with Crippen LogP contribution in [-0.2, 0) is 16.4 Å². The molecule has 0 radical (unpaired) electrons. The fourth-order valence-electron chi connectivity index (χ4n) is 2.50. The Morgan fingerprint density at radius 3 is 2.95 bits per heavy atom. The molecule has 0 saturated carbocycles. The summed E-state index contributed by atoms with van der Waals surface area (Å²) in [6.07, 6.45) is 3.96. The van der Waals surface area contributed by atoms with Crippen LogP contribution in [0.25, 0.3) is 0 Å². The average Bonchev–Trinajstić information content (AvgIpc) is 2.88. The monoisotopic (exact) mass is 295 g/mol. The van der Waals surface area contributed by atoms with Gasteiger partial charge in [0, 0.05) is 12.0 Å². The third-order valence-electron chi connectivity index (χ3n) is 3.46. The van der Waals surface area contributed by atoms with Gasteiger partial charge in [-0.2, -0.15) is 0 Å². The second-order valence-corrected chi connectivity index (χ2v) is 6.54. The standard InChI is InChI=1S/C14H14FNO3S/c15-10-3-1-4-11(9-10)20(17,18)16-13-5-2-6-14-12(13)7-8-19-14/h1,3-4,7-9,13,16H,2,5-6H2/t13-/m1/s1. The first-order valence-corrected chi connectivity index (χ1v) is 7.89. The number of furan rings is 1. The summed E-state index contributed by atoms with van der Waals surface area (Å²) in [6.45, 7) is 0. The summed E-state index contributed by atoms with van der Waals surface area (Å²) in [5.74, 6) is 0.253. The highest BCUT2D eigenvalue weighted by Gasteiger charge is 2.27. The predicted octanol–water partition coefficient (Wildman–Crippen LogP) is 2.77. The molecule has 1 heterocycles. The number of benzene rings is 1. The van der Waals surface area contributed by atoms with Gasteiger partial charge in [-0.25, -0.2) is 17.5 Å². The Balaban J connectivity index is 1.89. The van der Waals surface area contributed by atoms with Crippen LogP contribution in [0.15, 0.2) is 45.9 Å². The van der Waals surface area contributed by atoms with Crippen molar-refractivity contribution < 1.29 is 17.2 Å². The summed E-state index contributed by atoms with van der Waals surface area (Å²) in [6, 6.07) is 6.46. The van der Waals surface area contributed by atoms with Crippen LogP contribution < -0.4 is 4.72 Å². The fourth-order valence-corrected chi connectivity index (χ4v) is 3.78. The van der Waals surface area contributed by atoms with Crippen molar-refractivity contribution in [2.45, 2.75) is 30.2 Å². The first-order valence-electron chi connectivity index (χ1n) is 6.40. The highest BCUT2D eigenvalue weighted by molar-refractivity contribution is 7.89. The number of hydrogen-bond donors (Lipinski definition) is 1. The molecule has 1 aliphatic carbocycles. The van der Waals surface area contributed by atoms with E-state index in [1.807, 2.05) is 0 Å². The third-order valence-corrected chi connectivity index (χ3v) is 4.93. The molecular formula is C14H14FNO3S. The van der Waals surface area contributed by atoms with E-state index < -0.39 is 15.8 Å². The Hall–Kier alpha value is -1.66. The molecule has 0 saturated heterocycles. The van der Waals surface area contributed by atoms with Crippen LogP contribution in [-0.4, -0.2) is 8.42 Å². The highest BCUT2D eigenvalue weighted by Crippen LogP contribution is 2.31. The van der Waals surface area contributed by atoms with Crippen molar-refractivity contribution in [3.8, 4) is 0 Å². The van der Waals surface area contributed by atoms with E-state index in [0.29, 0.717) is 6.42 Å². The molecule has 1 atom stereocenters. The summed E-state index contributed by atoms with van der Waals surface area (Å²) in [5.41, 5.74) is 0.872. The van der Waals surface area contributed by atoms with Crippen molar-refractivity contribution in [1.29, 1.82) is 0 Å². The van der Waals surface area contributed by atoms with Crippen molar-refractivity contribution >= 4 is 10.0 Å². The molecule has 106 valence electrons. The Labute approximate surface area is 116 Å². The lowest BCUT2D eigenvalue weighted by molar-refractivity contribution is 0.438. The molecule has 2 aromatic rings. The minimum atomic E-state index is -3.73. The average molecular weight is 295 g/mol. The topological polar surface area (TPSA) is 59.3 Å². The SMILES string of the molecule is O=S(=O)(N[C@@H]1CCCc2occc21)c1cccc(F)c1. The smallest absolute Gasteiger partial charge is 0.241 e. The van der Waals surface area contributed by atoms with Gasteiger partial charge in [0.2, 0.25) is 10.0 Å². The van der Waals surface area contributed by atoms with E-state index in [0.717, 1.165) is 30.2 Å². The van der Waals surface area contributed by atoms with E-state index in [1.165, 1.54) is 18.2 Å². The molecule has 1 N–H and O–H groups in total. The van der Waals surface area contributed by atoms with Gasteiger partial charge in [-0.05, 0) is 37.1 Å². The Bertz CT molecular complexity index is 724. The lowest BCUT2D eigenvalue weighted by Gasteiger charge is -2.22. The maximum atomic E-state index is 13.2. The minimum Gasteiger partial charge on any atom is -0.469 e. The lowest BCUT2D eigenvalue weighted by Crippen LogP contribution is -2.30. The largest absolute Gasteiger partial charge is 0.469 e. The first-order chi connectivity index (χ1) is 9.56.